The van der Waals surface area contributed by atoms with E-state index in [1.807, 2.05) is 13.1 Å². The number of phenolic OH excluding ortho intramolecular Hbond substituents is 1. The van der Waals surface area contributed by atoms with Gasteiger partial charge in [0, 0.05) is 55.5 Å². The number of pyridine rings is 1. The predicted octanol–water partition coefficient (Wildman–Crippen LogP) is 4.96. The van der Waals surface area contributed by atoms with Gasteiger partial charge in [0.05, 0.1) is 10.7 Å². The summed E-state index contributed by atoms with van der Waals surface area (Å²) in [6.07, 6.45) is 3.56. The number of rotatable bonds is 5. The lowest BCUT2D eigenvalue weighted by Crippen LogP contribution is -2.34. The van der Waals surface area contributed by atoms with Gasteiger partial charge < -0.3 is 19.9 Å². The number of benzene rings is 2. The number of amides is 2. The number of anilines is 1. The fourth-order valence-corrected chi connectivity index (χ4v) is 5.54. The average Bonchev–Trinajstić information content (AvgIpc) is 3.23. The van der Waals surface area contributed by atoms with Crippen molar-refractivity contribution < 1.29 is 14.3 Å². The van der Waals surface area contributed by atoms with Crippen molar-refractivity contribution >= 4 is 23.3 Å². The first kappa shape index (κ1) is 25.3. The monoisotopic (exact) mass is 524 g/mol. The number of aromatic nitrogens is 1. The summed E-state index contributed by atoms with van der Waals surface area (Å²) in [5.41, 5.74) is 2.59. The number of nitrogens with one attached hydrogen (secondary N) is 1. The first-order valence-electron chi connectivity index (χ1n) is 12.5. The summed E-state index contributed by atoms with van der Waals surface area (Å²) in [4.78, 5) is 28.2. The lowest BCUT2D eigenvalue weighted by atomic mass is 9.90. The van der Waals surface area contributed by atoms with E-state index in [0.717, 1.165) is 31.5 Å². The van der Waals surface area contributed by atoms with Gasteiger partial charge in [-0.15, -0.1) is 0 Å². The fourth-order valence-electron chi connectivity index (χ4n) is 5.26. The third kappa shape index (κ3) is 4.83. The number of carbonyl (C=O) groups excluding carboxylic acids is 1. The van der Waals surface area contributed by atoms with E-state index in [-0.39, 0.29) is 29.3 Å². The zero-order valence-electron chi connectivity index (χ0n) is 20.9. The molecule has 5 rings (SSSR count). The van der Waals surface area contributed by atoms with Crippen molar-refractivity contribution in [2.75, 3.05) is 38.1 Å². The summed E-state index contributed by atoms with van der Waals surface area (Å²) in [6.45, 7) is 4.73. The largest absolute Gasteiger partial charge is 0.507 e. The van der Waals surface area contributed by atoms with Gasteiger partial charge in [-0.05, 0) is 61.3 Å². The second-order valence-electron chi connectivity index (χ2n) is 9.82. The molecule has 1 aromatic heterocycles. The third-order valence-electron chi connectivity index (χ3n) is 7.50. The van der Waals surface area contributed by atoms with Crippen LogP contribution in [-0.2, 0) is 0 Å². The van der Waals surface area contributed by atoms with Crippen molar-refractivity contribution in [3.63, 3.8) is 0 Å². The Labute approximate surface area is 220 Å². The maximum atomic E-state index is 14.9. The van der Waals surface area contributed by atoms with Gasteiger partial charge in [-0.1, -0.05) is 30.7 Å². The molecule has 2 amide bonds. The minimum atomic E-state index is -0.488. The van der Waals surface area contributed by atoms with Crippen LogP contribution in [0.3, 0.4) is 0 Å². The summed E-state index contributed by atoms with van der Waals surface area (Å²) >= 11 is 6.54. The molecular formula is C28H30ClFN4O3. The van der Waals surface area contributed by atoms with Gasteiger partial charge in [0.25, 0.3) is 5.56 Å². The van der Waals surface area contributed by atoms with Crippen LogP contribution >= 0.6 is 11.6 Å². The Morgan fingerprint density at radius 3 is 2.51 bits per heavy atom. The highest BCUT2D eigenvalue weighted by molar-refractivity contribution is 6.34. The molecule has 194 valence electrons. The lowest BCUT2D eigenvalue weighted by molar-refractivity contribution is 0.229. The van der Waals surface area contributed by atoms with Crippen LogP contribution in [0.5, 0.6) is 5.75 Å². The van der Waals surface area contributed by atoms with Crippen LogP contribution in [0.25, 0.3) is 11.1 Å². The molecule has 2 N–H and O–H groups in total. The van der Waals surface area contributed by atoms with E-state index < -0.39 is 5.82 Å². The van der Waals surface area contributed by atoms with Crippen LogP contribution in [0.2, 0.25) is 5.02 Å². The van der Waals surface area contributed by atoms with E-state index in [9.17, 15) is 19.1 Å². The van der Waals surface area contributed by atoms with Crippen LogP contribution < -0.4 is 15.8 Å². The zero-order chi connectivity index (χ0) is 26.3. The molecule has 1 atom stereocenters. The number of aromatic hydroxyl groups is 1. The summed E-state index contributed by atoms with van der Waals surface area (Å²) in [7, 11) is 1.73. The molecule has 0 bridgehead atoms. The highest BCUT2D eigenvalue weighted by Gasteiger charge is 2.28. The lowest BCUT2D eigenvalue weighted by Gasteiger charge is -2.26. The highest BCUT2D eigenvalue weighted by Crippen LogP contribution is 2.41. The van der Waals surface area contributed by atoms with Gasteiger partial charge in [0.1, 0.15) is 11.6 Å². The van der Waals surface area contributed by atoms with Crippen molar-refractivity contribution in [1.29, 1.82) is 0 Å². The molecule has 3 aromatic rings. The summed E-state index contributed by atoms with van der Waals surface area (Å²) < 4.78 is 16.6. The van der Waals surface area contributed by atoms with Crippen molar-refractivity contribution in [3.05, 3.63) is 81.0 Å². The molecule has 2 aliphatic heterocycles. The standard InChI is InChI=1S/C28H30ClFN4O3/c1-17(19-4-6-26(35)34(16-19)21-7-9-31-10-8-21)22-14-20(30)15-23(27(22)36)18-3-5-25(24(29)13-18)33-12-11-32(2)28(33)37/h3-6,13-17,21,31,36H,7-12H2,1-2H3/t17-/m1/s1. The van der Waals surface area contributed by atoms with Crippen molar-refractivity contribution in [1.82, 2.24) is 14.8 Å². The quantitative estimate of drug-likeness (QED) is 0.494. The van der Waals surface area contributed by atoms with E-state index in [4.69, 9.17) is 11.6 Å². The maximum absolute atomic E-state index is 14.9. The van der Waals surface area contributed by atoms with Crippen LogP contribution in [0.1, 0.15) is 42.9 Å². The smallest absolute Gasteiger partial charge is 0.324 e. The zero-order valence-corrected chi connectivity index (χ0v) is 21.6. The van der Waals surface area contributed by atoms with E-state index in [2.05, 4.69) is 5.32 Å². The Kier molecular flexibility index (Phi) is 6.96. The second-order valence-corrected chi connectivity index (χ2v) is 10.2. The molecular weight excluding hydrogens is 495 g/mol. The van der Waals surface area contributed by atoms with Gasteiger partial charge in [-0.2, -0.15) is 0 Å². The summed E-state index contributed by atoms with van der Waals surface area (Å²) in [5.74, 6) is -0.900. The van der Waals surface area contributed by atoms with Gasteiger partial charge in [-0.3, -0.25) is 9.69 Å². The number of nitrogens with zero attached hydrogens (tertiary/aromatic N) is 3. The molecule has 9 heteroatoms. The van der Waals surface area contributed by atoms with E-state index in [1.54, 1.807) is 51.7 Å². The molecule has 2 fully saturated rings. The molecule has 2 aromatic carbocycles. The Morgan fingerprint density at radius 1 is 1.08 bits per heavy atom. The molecule has 0 radical (unpaired) electrons. The number of halogens is 2. The number of hydrogen-bond acceptors (Lipinski definition) is 4. The minimum absolute atomic E-state index is 0.0469. The Bertz CT molecular complexity index is 1400. The van der Waals surface area contributed by atoms with Gasteiger partial charge in [0.15, 0.2) is 0 Å². The van der Waals surface area contributed by atoms with E-state index >= 15 is 0 Å². The van der Waals surface area contributed by atoms with Crippen molar-refractivity contribution in [2.24, 2.45) is 0 Å². The molecule has 2 aliphatic rings. The van der Waals surface area contributed by atoms with Gasteiger partial charge >= 0.3 is 6.03 Å². The van der Waals surface area contributed by atoms with Gasteiger partial charge in [-0.25, -0.2) is 9.18 Å². The summed E-state index contributed by atoms with van der Waals surface area (Å²) in [5, 5.41) is 14.9. The SMILES string of the molecule is C[C@H](c1ccc(=O)n(C2CCNCC2)c1)c1cc(F)cc(-c2ccc(N3CCN(C)C3=O)c(Cl)c2)c1O. The molecule has 37 heavy (non-hydrogen) atoms. The number of piperidine rings is 1. The molecule has 3 heterocycles. The van der Waals surface area contributed by atoms with Crippen LogP contribution in [0.15, 0.2) is 53.5 Å². The fraction of sp³-hybridized carbons (Fsp3) is 0.357. The topological polar surface area (TPSA) is 77.8 Å². The summed E-state index contributed by atoms with van der Waals surface area (Å²) in [6, 6.07) is 11.0. The molecule has 2 saturated heterocycles. The maximum Gasteiger partial charge on any atom is 0.324 e. The Morgan fingerprint density at radius 2 is 1.84 bits per heavy atom. The average molecular weight is 525 g/mol. The highest BCUT2D eigenvalue weighted by atomic mass is 35.5. The van der Waals surface area contributed by atoms with Crippen LogP contribution in [-0.4, -0.2) is 53.8 Å². The number of phenols is 1. The van der Waals surface area contributed by atoms with Crippen LogP contribution in [0, 0.1) is 5.82 Å². The number of likely N-dealkylation sites (N-methyl/N-ethyl adjacent to an activating group) is 1. The van der Waals surface area contributed by atoms with Crippen LogP contribution in [0.4, 0.5) is 14.9 Å². The molecule has 0 spiro atoms. The molecule has 0 aliphatic carbocycles. The number of hydrogen-bond donors (Lipinski definition) is 2. The van der Waals surface area contributed by atoms with Crippen molar-refractivity contribution in [3.8, 4) is 16.9 Å². The predicted molar refractivity (Wildman–Crippen MR) is 143 cm³/mol. The normalized spacial score (nSPS) is 17.5. The van der Waals surface area contributed by atoms with Gasteiger partial charge in [0.2, 0.25) is 0 Å². The Balaban J connectivity index is 1.49. The Hall–Kier alpha value is -3.36. The number of carbonyl (C=O) groups is 1. The van der Waals surface area contributed by atoms with E-state index in [0.29, 0.717) is 40.5 Å². The van der Waals surface area contributed by atoms with E-state index in [1.165, 1.54) is 12.1 Å². The first-order chi connectivity index (χ1) is 17.7. The minimum Gasteiger partial charge on any atom is -0.507 e. The third-order valence-corrected chi connectivity index (χ3v) is 7.80. The second kappa shape index (κ2) is 10.2. The molecule has 0 saturated carbocycles. The van der Waals surface area contributed by atoms with Crippen molar-refractivity contribution in [2.45, 2.75) is 31.7 Å². The molecule has 7 nitrogen and oxygen atoms in total. The molecule has 0 unspecified atom stereocenters. The number of urea groups is 1. The first-order valence-corrected chi connectivity index (χ1v) is 12.9.